The number of aryl methyl sites for hydroxylation is 1. The van der Waals surface area contributed by atoms with E-state index in [0.29, 0.717) is 5.92 Å². The van der Waals surface area contributed by atoms with Gasteiger partial charge in [-0.25, -0.2) is 0 Å². The van der Waals surface area contributed by atoms with Crippen LogP contribution in [0.2, 0.25) is 0 Å². The lowest BCUT2D eigenvalue weighted by molar-refractivity contribution is 0.794. The molecule has 0 aliphatic heterocycles. The highest BCUT2D eigenvalue weighted by atomic mass is 79.9. The number of halogens is 1. The summed E-state index contributed by atoms with van der Waals surface area (Å²) in [4.78, 5) is 0. The van der Waals surface area contributed by atoms with Gasteiger partial charge in [0.2, 0.25) is 0 Å². The van der Waals surface area contributed by atoms with Gasteiger partial charge in [0.15, 0.2) is 0 Å². The molecule has 108 valence electrons. The summed E-state index contributed by atoms with van der Waals surface area (Å²) < 4.78 is 1.16. The maximum Gasteiger partial charge on any atom is 0.0305 e. The van der Waals surface area contributed by atoms with Crippen LogP contribution in [0, 0.1) is 0 Å². The SMILES string of the molecule is CCCCc1ccc(C2C(C)=Cc3ccc(Br)cc32)cc1. The van der Waals surface area contributed by atoms with E-state index in [9.17, 15) is 0 Å². The Morgan fingerprint density at radius 3 is 2.52 bits per heavy atom. The molecule has 1 atom stereocenters. The summed E-state index contributed by atoms with van der Waals surface area (Å²) in [6.07, 6.45) is 6.04. The predicted octanol–water partition coefficient (Wildman–Crippen LogP) is 6.34. The van der Waals surface area contributed by atoms with Crippen molar-refractivity contribution in [2.75, 3.05) is 0 Å². The highest BCUT2D eigenvalue weighted by molar-refractivity contribution is 9.10. The highest BCUT2D eigenvalue weighted by Crippen LogP contribution is 2.41. The maximum absolute atomic E-state index is 3.60. The molecule has 0 fully saturated rings. The summed E-state index contributed by atoms with van der Waals surface area (Å²) in [5.41, 5.74) is 7.07. The summed E-state index contributed by atoms with van der Waals surface area (Å²) in [6, 6.07) is 15.8. The fourth-order valence-corrected chi connectivity index (χ4v) is 3.58. The molecule has 0 radical (unpaired) electrons. The second-order valence-corrected chi connectivity index (χ2v) is 6.86. The van der Waals surface area contributed by atoms with Crippen LogP contribution in [0.25, 0.3) is 6.08 Å². The molecule has 1 aliphatic carbocycles. The standard InChI is InChI=1S/C20H21Br/c1-3-4-5-15-6-8-16(9-7-15)20-14(2)12-17-10-11-18(21)13-19(17)20/h6-13,20H,3-5H2,1-2H3. The summed E-state index contributed by atoms with van der Waals surface area (Å²) in [6.45, 7) is 4.49. The third-order valence-corrected chi connectivity index (χ3v) is 4.82. The van der Waals surface area contributed by atoms with Gasteiger partial charge in [-0.3, -0.25) is 0 Å². The Bertz CT molecular complexity index is 665. The molecule has 0 amide bonds. The van der Waals surface area contributed by atoms with Gasteiger partial charge >= 0.3 is 0 Å². The summed E-state index contributed by atoms with van der Waals surface area (Å²) >= 11 is 3.60. The van der Waals surface area contributed by atoms with Gasteiger partial charge in [-0.05, 0) is 54.2 Å². The molecule has 0 nitrogen and oxygen atoms in total. The Morgan fingerprint density at radius 1 is 1.05 bits per heavy atom. The summed E-state index contributed by atoms with van der Waals surface area (Å²) in [7, 11) is 0. The number of allylic oxidation sites excluding steroid dienone is 1. The second-order valence-electron chi connectivity index (χ2n) is 5.94. The number of fused-ring (bicyclic) bond motifs is 1. The molecule has 0 aromatic heterocycles. The minimum absolute atomic E-state index is 0.415. The highest BCUT2D eigenvalue weighted by Gasteiger charge is 2.24. The first-order valence-electron chi connectivity index (χ1n) is 7.75. The normalized spacial score (nSPS) is 16.7. The van der Waals surface area contributed by atoms with Gasteiger partial charge in [0, 0.05) is 10.4 Å². The van der Waals surface area contributed by atoms with Crippen LogP contribution in [0.3, 0.4) is 0 Å². The van der Waals surface area contributed by atoms with Gasteiger partial charge in [-0.1, -0.05) is 71.3 Å². The van der Waals surface area contributed by atoms with Crippen molar-refractivity contribution in [3.8, 4) is 0 Å². The van der Waals surface area contributed by atoms with E-state index < -0.39 is 0 Å². The van der Waals surface area contributed by atoms with E-state index in [2.05, 4.69) is 78.3 Å². The zero-order chi connectivity index (χ0) is 14.8. The minimum Gasteiger partial charge on any atom is -0.0654 e. The van der Waals surface area contributed by atoms with Crippen molar-refractivity contribution < 1.29 is 0 Å². The molecule has 0 N–H and O–H groups in total. The number of hydrogen-bond acceptors (Lipinski definition) is 0. The summed E-state index contributed by atoms with van der Waals surface area (Å²) in [5, 5.41) is 0. The quantitative estimate of drug-likeness (QED) is 0.609. The van der Waals surface area contributed by atoms with E-state index in [4.69, 9.17) is 0 Å². The van der Waals surface area contributed by atoms with E-state index in [1.165, 1.54) is 47.1 Å². The Morgan fingerprint density at radius 2 is 1.81 bits per heavy atom. The second kappa shape index (κ2) is 6.19. The molecule has 1 heteroatoms. The molecule has 2 aromatic carbocycles. The van der Waals surface area contributed by atoms with Crippen LogP contribution in [-0.2, 0) is 6.42 Å². The fraction of sp³-hybridized carbons (Fsp3) is 0.300. The van der Waals surface area contributed by atoms with Crippen molar-refractivity contribution in [2.24, 2.45) is 0 Å². The molecule has 0 spiro atoms. The first-order chi connectivity index (χ1) is 10.2. The Labute approximate surface area is 136 Å². The molecule has 0 heterocycles. The number of benzene rings is 2. The number of rotatable bonds is 4. The molecule has 0 saturated carbocycles. The molecular formula is C20H21Br. The van der Waals surface area contributed by atoms with Crippen LogP contribution in [-0.4, -0.2) is 0 Å². The third kappa shape index (κ3) is 2.98. The van der Waals surface area contributed by atoms with Gasteiger partial charge in [0.05, 0.1) is 0 Å². The number of hydrogen-bond donors (Lipinski definition) is 0. The first kappa shape index (κ1) is 14.6. The predicted molar refractivity (Wildman–Crippen MR) is 94.7 cm³/mol. The van der Waals surface area contributed by atoms with E-state index in [0.717, 1.165) is 4.47 Å². The van der Waals surface area contributed by atoms with Crippen LogP contribution in [0.5, 0.6) is 0 Å². The Kier molecular flexibility index (Phi) is 4.30. The van der Waals surface area contributed by atoms with Crippen LogP contribution in [0.1, 0.15) is 54.9 Å². The lowest BCUT2D eigenvalue weighted by atomic mass is 9.88. The van der Waals surface area contributed by atoms with Gasteiger partial charge in [0.25, 0.3) is 0 Å². The maximum atomic E-state index is 3.60. The number of unbranched alkanes of at least 4 members (excludes halogenated alkanes) is 1. The van der Waals surface area contributed by atoms with Gasteiger partial charge in [-0.15, -0.1) is 0 Å². The smallest absolute Gasteiger partial charge is 0.0305 e. The van der Waals surface area contributed by atoms with Gasteiger partial charge in [0.1, 0.15) is 0 Å². The van der Waals surface area contributed by atoms with Crippen molar-refractivity contribution in [3.05, 3.63) is 74.8 Å². The Balaban J connectivity index is 1.91. The van der Waals surface area contributed by atoms with Gasteiger partial charge < -0.3 is 0 Å². The molecule has 1 aliphatic rings. The Hall–Kier alpha value is -1.34. The van der Waals surface area contributed by atoms with E-state index in [1.807, 2.05) is 0 Å². The first-order valence-corrected chi connectivity index (χ1v) is 8.55. The van der Waals surface area contributed by atoms with Crippen molar-refractivity contribution >= 4 is 22.0 Å². The van der Waals surface area contributed by atoms with Crippen LogP contribution in [0.4, 0.5) is 0 Å². The van der Waals surface area contributed by atoms with Crippen LogP contribution >= 0.6 is 15.9 Å². The van der Waals surface area contributed by atoms with Gasteiger partial charge in [-0.2, -0.15) is 0 Å². The van der Waals surface area contributed by atoms with E-state index in [1.54, 1.807) is 0 Å². The molecule has 3 rings (SSSR count). The van der Waals surface area contributed by atoms with Crippen molar-refractivity contribution in [1.82, 2.24) is 0 Å². The van der Waals surface area contributed by atoms with Crippen molar-refractivity contribution in [3.63, 3.8) is 0 Å². The van der Waals surface area contributed by atoms with E-state index in [-0.39, 0.29) is 0 Å². The third-order valence-electron chi connectivity index (χ3n) is 4.33. The monoisotopic (exact) mass is 340 g/mol. The average Bonchev–Trinajstić information content (AvgIpc) is 2.81. The molecule has 0 saturated heterocycles. The zero-order valence-corrected chi connectivity index (χ0v) is 14.3. The fourth-order valence-electron chi connectivity index (χ4n) is 3.20. The zero-order valence-electron chi connectivity index (χ0n) is 12.7. The van der Waals surface area contributed by atoms with Crippen molar-refractivity contribution in [2.45, 2.75) is 39.0 Å². The molecule has 21 heavy (non-hydrogen) atoms. The average molecular weight is 341 g/mol. The molecule has 0 bridgehead atoms. The topological polar surface area (TPSA) is 0 Å². The minimum atomic E-state index is 0.415. The lowest BCUT2D eigenvalue weighted by Crippen LogP contribution is -2.00. The molecular weight excluding hydrogens is 320 g/mol. The van der Waals surface area contributed by atoms with Crippen LogP contribution < -0.4 is 0 Å². The van der Waals surface area contributed by atoms with E-state index >= 15 is 0 Å². The van der Waals surface area contributed by atoms with Crippen molar-refractivity contribution in [1.29, 1.82) is 0 Å². The molecule has 1 unspecified atom stereocenters. The molecule has 2 aromatic rings. The lowest BCUT2D eigenvalue weighted by Gasteiger charge is -2.16. The largest absolute Gasteiger partial charge is 0.0654 e. The van der Waals surface area contributed by atoms with Crippen LogP contribution in [0.15, 0.2) is 52.5 Å². The summed E-state index contributed by atoms with van der Waals surface area (Å²) in [5.74, 6) is 0.415.